The number of nitrogens with one attached hydrogen (secondary N) is 2. The third-order valence-corrected chi connectivity index (χ3v) is 3.44. The first-order chi connectivity index (χ1) is 7.81. The van der Waals surface area contributed by atoms with Gasteiger partial charge in [-0.2, -0.15) is 5.10 Å². The second-order valence-corrected chi connectivity index (χ2v) is 6.01. The Balaban J connectivity index is 2.37. The average molecular weight is 281 g/mol. The highest BCUT2D eigenvalue weighted by molar-refractivity contribution is 7.88. The van der Waals surface area contributed by atoms with E-state index in [9.17, 15) is 8.42 Å². The van der Waals surface area contributed by atoms with Gasteiger partial charge in [0.1, 0.15) is 5.15 Å². The average Bonchev–Trinajstić information content (AvgIpc) is 2.42. The monoisotopic (exact) mass is 280 g/mol. The minimum atomic E-state index is -3.11. The first-order valence-corrected chi connectivity index (χ1v) is 7.41. The molecule has 2 N–H and O–H groups in total. The van der Waals surface area contributed by atoms with Gasteiger partial charge in [-0.1, -0.05) is 11.6 Å². The van der Waals surface area contributed by atoms with E-state index in [-0.39, 0.29) is 0 Å². The molecule has 1 heterocycles. The second-order valence-electron chi connectivity index (χ2n) is 3.82. The van der Waals surface area contributed by atoms with Crippen molar-refractivity contribution < 1.29 is 8.42 Å². The molecule has 0 unspecified atom stereocenters. The fourth-order valence-corrected chi connectivity index (χ4v) is 2.13. The number of nitrogens with zero attached hydrogens (tertiary/aromatic N) is 2. The quantitative estimate of drug-likeness (QED) is 0.721. The van der Waals surface area contributed by atoms with Crippen LogP contribution in [0, 0.1) is 6.92 Å². The van der Waals surface area contributed by atoms with E-state index in [0.29, 0.717) is 24.8 Å². The molecule has 0 aliphatic heterocycles. The fraction of sp³-hybridized carbons (Fsp3) is 0.667. The van der Waals surface area contributed by atoms with Crippen molar-refractivity contribution in [1.82, 2.24) is 19.8 Å². The molecule has 0 radical (unpaired) electrons. The highest BCUT2D eigenvalue weighted by Gasteiger charge is 2.10. The van der Waals surface area contributed by atoms with Crippen LogP contribution >= 0.6 is 11.6 Å². The highest BCUT2D eigenvalue weighted by atomic mass is 35.5. The number of aromatic nitrogens is 2. The van der Waals surface area contributed by atoms with E-state index in [0.717, 1.165) is 17.5 Å². The first-order valence-electron chi connectivity index (χ1n) is 5.14. The normalized spacial score (nSPS) is 12.0. The van der Waals surface area contributed by atoms with Crippen molar-refractivity contribution in [3.63, 3.8) is 0 Å². The molecule has 1 rings (SSSR count). The SMILES string of the molecule is Cc1nn(C)c(Cl)c1CNCCNS(C)(=O)=O. The number of rotatable bonds is 6. The van der Waals surface area contributed by atoms with Gasteiger partial charge < -0.3 is 5.32 Å². The molecule has 0 aliphatic carbocycles. The zero-order valence-corrected chi connectivity index (χ0v) is 11.7. The van der Waals surface area contributed by atoms with Crippen LogP contribution in [0.15, 0.2) is 0 Å². The van der Waals surface area contributed by atoms with Crippen LogP contribution in [0.3, 0.4) is 0 Å². The van der Waals surface area contributed by atoms with E-state index in [1.54, 1.807) is 11.7 Å². The second kappa shape index (κ2) is 5.81. The van der Waals surface area contributed by atoms with Crippen molar-refractivity contribution in [3.05, 3.63) is 16.4 Å². The van der Waals surface area contributed by atoms with Gasteiger partial charge in [-0.3, -0.25) is 4.68 Å². The third-order valence-electron chi connectivity index (χ3n) is 2.24. The lowest BCUT2D eigenvalue weighted by molar-refractivity contribution is 0.581. The molecule has 0 saturated carbocycles. The van der Waals surface area contributed by atoms with Gasteiger partial charge in [0.25, 0.3) is 0 Å². The molecule has 0 saturated heterocycles. The van der Waals surface area contributed by atoms with Crippen molar-refractivity contribution in [1.29, 1.82) is 0 Å². The number of hydrogen-bond donors (Lipinski definition) is 2. The van der Waals surface area contributed by atoms with Crippen LogP contribution in [0.5, 0.6) is 0 Å². The van der Waals surface area contributed by atoms with Gasteiger partial charge in [0.2, 0.25) is 10.0 Å². The van der Waals surface area contributed by atoms with Crippen LogP contribution < -0.4 is 10.0 Å². The maximum atomic E-state index is 10.8. The summed E-state index contributed by atoms with van der Waals surface area (Å²) in [5, 5.41) is 7.89. The van der Waals surface area contributed by atoms with Crippen LogP contribution in [0.25, 0.3) is 0 Å². The van der Waals surface area contributed by atoms with Gasteiger partial charge in [0.05, 0.1) is 11.9 Å². The van der Waals surface area contributed by atoms with Gasteiger partial charge in [0, 0.05) is 32.2 Å². The topological polar surface area (TPSA) is 76.0 Å². The van der Waals surface area contributed by atoms with Crippen LogP contribution in [0.4, 0.5) is 0 Å². The molecular weight excluding hydrogens is 264 g/mol. The molecule has 0 amide bonds. The molecule has 0 spiro atoms. The first kappa shape index (κ1) is 14.4. The Morgan fingerprint density at radius 2 is 2.06 bits per heavy atom. The Hall–Kier alpha value is -0.630. The fourth-order valence-electron chi connectivity index (χ4n) is 1.41. The summed E-state index contributed by atoms with van der Waals surface area (Å²) in [4.78, 5) is 0. The zero-order chi connectivity index (χ0) is 13.1. The molecular formula is C9H17ClN4O2S. The molecule has 0 atom stereocenters. The number of hydrogen-bond acceptors (Lipinski definition) is 4. The van der Waals surface area contributed by atoms with Gasteiger partial charge in [-0.15, -0.1) is 0 Å². The minimum Gasteiger partial charge on any atom is -0.311 e. The number of sulfonamides is 1. The molecule has 6 nitrogen and oxygen atoms in total. The number of halogens is 1. The predicted molar refractivity (Wildman–Crippen MR) is 67.5 cm³/mol. The van der Waals surface area contributed by atoms with Crippen LogP contribution in [-0.4, -0.2) is 37.5 Å². The van der Waals surface area contributed by atoms with Crippen molar-refractivity contribution in [2.24, 2.45) is 7.05 Å². The Bertz CT molecular complexity index is 483. The largest absolute Gasteiger partial charge is 0.311 e. The summed E-state index contributed by atoms with van der Waals surface area (Å²) in [6.45, 7) is 3.36. The molecule has 0 fully saturated rings. The molecule has 0 aliphatic rings. The number of aryl methyl sites for hydroxylation is 2. The summed E-state index contributed by atoms with van der Waals surface area (Å²) in [6.07, 6.45) is 1.13. The van der Waals surface area contributed by atoms with E-state index >= 15 is 0 Å². The van der Waals surface area contributed by atoms with Crippen molar-refractivity contribution in [3.8, 4) is 0 Å². The van der Waals surface area contributed by atoms with Gasteiger partial charge >= 0.3 is 0 Å². The van der Waals surface area contributed by atoms with E-state index in [1.807, 2.05) is 6.92 Å². The molecule has 17 heavy (non-hydrogen) atoms. The molecule has 1 aromatic heterocycles. The third kappa shape index (κ3) is 4.63. The molecule has 8 heteroatoms. The van der Waals surface area contributed by atoms with E-state index < -0.39 is 10.0 Å². The minimum absolute atomic E-state index is 0.357. The maximum absolute atomic E-state index is 10.8. The zero-order valence-electron chi connectivity index (χ0n) is 10.1. The van der Waals surface area contributed by atoms with Crippen LogP contribution in [0.1, 0.15) is 11.3 Å². The van der Waals surface area contributed by atoms with E-state index in [2.05, 4.69) is 15.1 Å². The van der Waals surface area contributed by atoms with Gasteiger partial charge in [-0.25, -0.2) is 13.1 Å². The lowest BCUT2D eigenvalue weighted by atomic mass is 10.2. The van der Waals surface area contributed by atoms with Crippen LogP contribution in [0.2, 0.25) is 5.15 Å². The Morgan fingerprint density at radius 3 is 2.53 bits per heavy atom. The van der Waals surface area contributed by atoms with E-state index in [4.69, 9.17) is 11.6 Å². The summed E-state index contributed by atoms with van der Waals surface area (Å²) >= 11 is 6.05. The lowest BCUT2D eigenvalue weighted by Crippen LogP contribution is -2.30. The molecule has 0 bridgehead atoms. The van der Waals surface area contributed by atoms with Gasteiger partial charge in [0.15, 0.2) is 0 Å². The Morgan fingerprint density at radius 1 is 1.41 bits per heavy atom. The highest BCUT2D eigenvalue weighted by Crippen LogP contribution is 2.17. The van der Waals surface area contributed by atoms with Crippen molar-refractivity contribution in [2.75, 3.05) is 19.3 Å². The summed E-state index contributed by atoms with van der Waals surface area (Å²) in [5.41, 5.74) is 1.81. The maximum Gasteiger partial charge on any atom is 0.208 e. The summed E-state index contributed by atoms with van der Waals surface area (Å²) in [6, 6.07) is 0. The summed E-state index contributed by atoms with van der Waals surface area (Å²) < 4.78 is 25.6. The predicted octanol–water partition coefficient (Wildman–Crippen LogP) is 0.0207. The lowest BCUT2D eigenvalue weighted by Gasteiger charge is -2.05. The van der Waals surface area contributed by atoms with E-state index in [1.165, 1.54) is 0 Å². The molecule has 0 aromatic carbocycles. The van der Waals surface area contributed by atoms with Gasteiger partial charge in [-0.05, 0) is 6.92 Å². The standard InChI is InChI=1S/C9H17ClN4O2S/c1-7-8(9(10)14(2)13-7)6-11-4-5-12-17(3,15)16/h11-12H,4-6H2,1-3H3. The smallest absolute Gasteiger partial charge is 0.208 e. The Labute approximate surface area is 106 Å². The molecule has 98 valence electrons. The summed E-state index contributed by atoms with van der Waals surface area (Å²) in [7, 11) is -1.33. The van der Waals surface area contributed by atoms with Crippen molar-refractivity contribution in [2.45, 2.75) is 13.5 Å². The van der Waals surface area contributed by atoms with Crippen molar-refractivity contribution >= 4 is 21.6 Å². The van der Waals surface area contributed by atoms with Crippen LogP contribution in [-0.2, 0) is 23.6 Å². The summed E-state index contributed by atoms with van der Waals surface area (Å²) in [5.74, 6) is 0. The Kier molecular flexibility index (Phi) is 4.93. The molecule has 1 aromatic rings.